The molecule has 0 atom stereocenters. The first-order valence-electron chi connectivity index (χ1n) is 5.31. The van der Waals surface area contributed by atoms with E-state index in [1.54, 1.807) is 18.3 Å². The minimum absolute atomic E-state index is 0.0207. The maximum atomic E-state index is 11.4. The number of aromatic nitrogens is 2. The van der Waals surface area contributed by atoms with Crippen LogP contribution in [0, 0.1) is 0 Å². The summed E-state index contributed by atoms with van der Waals surface area (Å²) >= 11 is 0. The van der Waals surface area contributed by atoms with Gasteiger partial charge in [0.1, 0.15) is 0 Å². The highest BCUT2D eigenvalue weighted by Gasteiger charge is 2.09. The van der Waals surface area contributed by atoms with Crippen LogP contribution in [-0.2, 0) is 6.54 Å². The van der Waals surface area contributed by atoms with Gasteiger partial charge in [0.2, 0.25) is 0 Å². The quantitative estimate of drug-likeness (QED) is 0.703. The van der Waals surface area contributed by atoms with Crippen molar-refractivity contribution in [2.24, 2.45) is 0 Å². The van der Waals surface area contributed by atoms with Gasteiger partial charge in [0.25, 0.3) is 5.56 Å². The van der Waals surface area contributed by atoms with E-state index in [-0.39, 0.29) is 5.56 Å². The Morgan fingerprint density at radius 1 is 1.33 bits per heavy atom. The molecular formula is C10H16N4O. The summed E-state index contributed by atoms with van der Waals surface area (Å²) in [5.74, 6) is 0. The van der Waals surface area contributed by atoms with E-state index in [0.29, 0.717) is 6.54 Å². The molecule has 0 saturated carbocycles. The molecule has 2 rings (SSSR count). The molecular weight excluding hydrogens is 192 g/mol. The highest BCUT2D eigenvalue weighted by molar-refractivity contribution is 4.84. The lowest BCUT2D eigenvalue weighted by Gasteiger charge is -2.26. The van der Waals surface area contributed by atoms with Gasteiger partial charge in [-0.3, -0.25) is 9.69 Å². The van der Waals surface area contributed by atoms with E-state index in [9.17, 15) is 4.79 Å². The molecule has 5 nitrogen and oxygen atoms in total. The zero-order valence-electron chi connectivity index (χ0n) is 8.72. The monoisotopic (exact) mass is 208 g/mol. The molecule has 1 aliphatic heterocycles. The Morgan fingerprint density at radius 2 is 2.13 bits per heavy atom. The van der Waals surface area contributed by atoms with E-state index in [2.05, 4.69) is 15.3 Å². The maximum absolute atomic E-state index is 11.4. The second-order valence-corrected chi connectivity index (χ2v) is 3.68. The van der Waals surface area contributed by atoms with Crippen molar-refractivity contribution < 1.29 is 0 Å². The van der Waals surface area contributed by atoms with Crippen LogP contribution in [0.1, 0.15) is 0 Å². The Balaban J connectivity index is 1.87. The van der Waals surface area contributed by atoms with Gasteiger partial charge in [-0.25, -0.2) is 4.68 Å². The van der Waals surface area contributed by atoms with Crippen LogP contribution in [0.2, 0.25) is 0 Å². The van der Waals surface area contributed by atoms with E-state index < -0.39 is 0 Å². The lowest BCUT2D eigenvalue weighted by molar-refractivity contribution is 0.228. The van der Waals surface area contributed by atoms with Gasteiger partial charge in [-0.05, 0) is 6.07 Å². The van der Waals surface area contributed by atoms with Crippen molar-refractivity contribution in [2.45, 2.75) is 6.54 Å². The Morgan fingerprint density at radius 3 is 2.87 bits per heavy atom. The van der Waals surface area contributed by atoms with Gasteiger partial charge >= 0.3 is 0 Å². The summed E-state index contributed by atoms with van der Waals surface area (Å²) in [6.45, 7) is 5.77. The molecule has 15 heavy (non-hydrogen) atoms. The molecule has 0 radical (unpaired) electrons. The van der Waals surface area contributed by atoms with E-state index in [0.717, 1.165) is 32.7 Å². The zero-order valence-corrected chi connectivity index (χ0v) is 8.72. The first-order chi connectivity index (χ1) is 7.36. The number of nitrogens with zero attached hydrogens (tertiary/aromatic N) is 3. The normalized spacial score (nSPS) is 17.9. The number of hydrogen-bond acceptors (Lipinski definition) is 4. The van der Waals surface area contributed by atoms with Gasteiger partial charge in [0.05, 0.1) is 6.54 Å². The highest BCUT2D eigenvalue weighted by Crippen LogP contribution is 1.91. The molecule has 0 spiro atoms. The van der Waals surface area contributed by atoms with Crippen LogP contribution >= 0.6 is 0 Å². The first-order valence-corrected chi connectivity index (χ1v) is 5.31. The third kappa shape index (κ3) is 2.87. The fourth-order valence-electron chi connectivity index (χ4n) is 1.73. The minimum Gasteiger partial charge on any atom is -0.314 e. The Labute approximate surface area is 88.7 Å². The molecule has 0 unspecified atom stereocenters. The molecule has 82 valence electrons. The van der Waals surface area contributed by atoms with Crippen molar-refractivity contribution >= 4 is 0 Å². The van der Waals surface area contributed by atoms with Gasteiger partial charge in [-0.1, -0.05) is 0 Å². The molecule has 1 N–H and O–H groups in total. The number of rotatable bonds is 3. The Bertz CT molecular complexity index is 356. The summed E-state index contributed by atoms with van der Waals surface area (Å²) in [4.78, 5) is 13.7. The molecule has 5 heteroatoms. The predicted molar refractivity (Wildman–Crippen MR) is 57.8 cm³/mol. The minimum atomic E-state index is -0.0207. The molecule has 0 aliphatic carbocycles. The van der Waals surface area contributed by atoms with E-state index >= 15 is 0 Å². The first kappa shape index (κ1) is 10.3. The van der Waals surface area contributed by atoms with Crippen LogP contribution in [0.4, 0.5) is 0 Å². The van der Waals surface area contributed by atoms with Gasteiger partial charge < -0.3 is 5.32 Å². The molecule has 2 heterocycles. The maximum Gasteiger partial charge on any atom is 0.266 e. The highest BCUT2D eigenvalue weighted by atomic mass is 16.1. The van der Waals surface area contributed by atoms with Crippen molar-refractivity contribution in [3.63, 3.8) is 0 Å². The van der Waals surface area contributed by atoms with Crippen LogP contribution in [0.25, 0.3) is 0 Å². The van der Waals surface area contributed by atoms with Crippen molar-refractivity contribution in [3.05, 3.63) is 28.7 Å². The summed E-state index contributed by atoms with van der Waals surface area (Å²) < 4.78 is 1.52. The van der Waals surface area contributed by atoms with Crippen LogP contribution in [0.5, 0.6) is 0 Å². The predicted octanol–water partition coefficient (Wildman–Crippen LogP) is -0.851. The van der Waals surface area contributed by atoms with Gasteiger partial charge in [-0.2, -0.15) is 5.10 Å². The zero-order chi connectivity index (χ0) is 10.5. The van der Waals surface area contributed by atoms with Crippen molar-refractivity contribution in [1.29, 1.82) is 0 Å². The van der Waals surface area contributed by atoms with Crippen molar-refractivity contribution in [1.82, 2.24) is 20.0 Å². The van der Waals surface area contributed by atoms with Crippen molar-refractivity contribution in [3.8, 4) is 0 Å². The van der Waals surface area contributed by atoms with Crippen LogP contribution in [0.3, 0.4) is 0 Å². The fraction of sp³-hybridized carbons (Fsp3) is 0.600. The Kier molecular flexibility index (Phi) is 3.47. The number of nitrogens with one attached hydrogen (secondary N) is 1. The van der Waals surface area contributed by atoms with Crippen LogP contribution in [-0.4, -0.2) is 47.4 Å². The third-order valence-corrected chi connectivity index (χ3v) is 2.62. The molecule has 0 aromatic carbocycles. The van der Waals surface area contributed by atoms with Crippen LogP contribution in [0.15, 0.2) is 23.1 Å². The van der Waals surface area contributed by atoms with Gasteiger partial charge in [-0.15, -0.1) is 0 Å². The summed E-state index contributed by atoms with van der Waals surface area (Å²) in [5.41, 5.74) is -0.0207. The lowest BCUT2D eigenvalue weighted by atomic mass is 10.3. The molecule has 1 saturated heterocycles. The molecule has 1 fully saturated rings. The standard InChI is InChI=1S/C10H16N4O/c15-10-2-1-3-12-14(10)9-8-13-6-4-11-5-7-13/h1-3,11H,4-9H2. The van der Waals surface area contributed by atoms with Crippen molar-refractivity contribution in [2.75, 3.05) is 32.7 Å². The molecule has 1 aromatic rings. The topological polar surface area (TPSA) is 50.2 Å². The smallest absolute Gasteiger partial charge is 0.266 e. The van der Waals surface area contributed by atoms with E-state index in [1.165, 1.54) is 4.68 Å². The largest absolute Gasteiger partial charge is 0.314 e. The molecule has 1 aliphatic rings. The molecule has 0 bridgehead atoms. The summed E-state index contributed by atoms with van der Waals surface area (Å²) in [5, 5.41) is 7.32. The second-order valence-electron chi connectivity index (χ2n) is 3.68. The summed E-state index contributed by atoms with van der Waals surface area (Å²) in [7, 11) is 0. The lowest BCUT2D eigenvalue weighted by Crippen LogP contribution is -2.45. The average molecular weight is 208 g/mol. The average Bonchev–Trinajstić information content (AvgIpc) is 2.29. The second kappa shape index (κ2) is 5.04. The molecule has 0 amide bonds. The Hall–Kier alpha value is -1.20. The van der Waals surface area contributed by atoms with Crippen LogP contribution < -0.4 is 10.9 Å². The number of piperazine rings is 1. The van der Waals surface area contributed by atoms with E-state index in [1.807, 2.05) is 0 Å². The fourth-order valence-corrected chi connectivity index (χ4v) is 1.73. The molecule has 1 aromatic heterocycles. The number of hydrogen-bond donors (Lipinski definition) is 1. The van der Waals surface area contributed by atoms with Gasteiger partial charge in [0, 0.05) is 45.0 Å². The summed E-state index contributed by atoms with van der Waals surface area (Å²) in [6, 6.07) is 3.22. The third-order valence-electron chi connectivity index (χ3n) is 2.62. The SMILES string of the molecule is O=c1cccnn1CCN1CCNCC1. The van der Waals surface area contributed by atoms with E-state index in [4.69, 9.17) is 0 Å². The summed E-state index contributed by atoms with van der Waals surface area (Å²) in [6.07, 6.45) is 1.65. The van der Waals surface area contributed by atoms with Gasteiger partial charge in [0.15, 0.2) is 0 Å².